The molecule has 0 aliphatic heterocycles. The zero-order valence-electron chi connectivity index (χ0n) is 9.30. The van der Waals surface area contributed by atoms with Crippen molar-refractivity contribution in [3.05, 3.63) is 40.3 Å². The Morgan fingerprint density at radius 2 is 2.29 bits per heavy atom. The van der Waals surface area contributed by atoms with Crippen LogP contribution >= 0.6 is 11.3 Å². The quantitative estimate of drug-likeness (QED) is 0.792. The molecule has 0 radical (unpaired) electrons. The molecule has 4 nitrogen and oxygen atoms in total. The first-order chi connectivity index (χ1) is 8.29. The first-order valence-electron chi connectivity index (χ1n) is 5.30. The highest BCUT2D eigenvalue weighted by molar-refractivity contribution is 7.09. The van der Waals surface area contributed by atoms with Crippen molar-refractivity contribution in [3.8, 4) is 5.75 Å². The van der Waals surface area contributed by atoms with Crippen molar-refractivity contribution in [1.82, 2.24) is 4.98 Å². The topological polar surface area (TPSA) is 68.4 Å². The Kier molecular flexibility index (Phi) is 3.95. The molecule has 0 bridgehead atoms. The van der Waals surface area contributed by atoms with E-state index in [4.69, 9.17) is 15.6 Å². The van der Waals surface area contributed by atoms with Crippen LogP contribution in [0.25, 0.3) is 0 Å². The molecule has 1 aromatic heterocycles. The summed E-state index contributed by atoms with van der Waals surface area (Å²) < 4.78 is 5.29. The lowest BCUT2D eigenvalue weighted by molar-refractivity contribution is 0.202. The highest BCUT2D eigenvalue weighted by Gasteiger charge is 2.04. The van der Waals surface area contributed by atoms with Crippen LogP contribution in [-0.2, 0) is 6.42 Å². The minimum Gasteiger partial charge on any atom is -0.489 e. The first-order valence-corrected chi connectivity index (χ1v) is 6.18. The average Bonchev–Trinajstić information content (AvgIpc) is 2.81. The number of aliphatic hydroxyl groups excluding tert-OH is 1. The van der Waals surface area contributed by atoms with Gasteiger partial charge in [0.25, 0.3) is 0 Å². The van der Waals surface area contributed by atoms with Gasteiger partial charge in [0.1, 0.15) is 12.4 Å². The maximum absolute atomic E-state index is 8.67. The number of aliphatic hydroxyl groups is 1. The second kappa shape index (κ2) is 5.65. The highest BCUT2D eigenvalue weighted by Crippen LogP contribution is 2.24. The molecular formula is C12H14N2O2S. The molecule has 1 aromatic carbocycles. The number of hydrogen-bond donors (Lipinski definition) is 2. The number of nitrogen functional groups attached to an aromatic ring is 1. The highest BCUT2D eigenvalue weighted by atomic mass is 32.1. The number of benzene rings is 1. The summed E-state index contributed by atoms with van der Waals surface area (Å²) in [4.78, 5) is 4.23. The lowest BCUT2D eigenvalue weighted by atomic mass is 10.1. The van der Waals surface area contributed by atoms with Gasteiger partial charge in [-0.1, -0.05) is 6.07 Å². The zero-order chi connectivity index (χ0) is 12.1. The molecule has 0 saturated heterocycles. The minimum atomic E-state index is -0.0136. The van der Waals surface area contributed by atoms with Crippen molar-refractivity contribution in [1.29, 1.82) is 0 Å². The third-order valence-electron chi connectivity index (χ3n) is 2.26. The second-order valence-electron chi connectivity index (χ2n) is 3.55. The summed E-state index contributed by atoms with van der Waals surface area (Å²) in [5, 5.41) is 11.7. The van der Waals surface area contributed by atoms with Crippen LogP contribution in [0.3, 0.4) is 0 Å². The van der Waals surface area contributed by atoms with Crippen LogP contribution in [0.2, 0.25) is 0 Å². The van der Waals surface area contributed by atoms with E-state index in [1.807, 2.05) is 23.6 Å². The molecule has 90 valence electrons. The van der Waals surface area contributed by atoms with E-state index in [1.165, 1.54) is 0 Å². The Labute approximate surface area is 104 Å². The summed E-state index contributed by atoms with van der Waals surface area (Å²) in [5.41, 5.74) is 7.56. The number of ether oxygens (including phenoxy) is 1. The Balaban J connectivity index is 2.08. The number of aromatic nitrogens is 1. The Bertz CT molecular complexity index is 471. The number of nitrogens with zero attached hydrogens (tertiary/aromatic N) is 1. The van der Waals surface area contributed by atoms with E-state index in [2.05, 4.69) is 4.98 Å². The summed E-state index contributed by atoms with van der Waals surface area (Å²) in [6.45, 7) is 0.246. The Morgan fingerprint density at radius 1 is 1.41 bits per heavy atom. The largest absolute Gasteiger partial charge is 0.489 e. The van der Waals surface area contributed by atoms with E-state index in [0.717, 1.165) is 17.0 Å². The van der Waals surface area contributed by atoms with Crippen molar-refractivity contribution in [2.75, 3.05) is 18.9 Å². The molecule has 5 heteroatoms. The number of thiazole rings is 1. The molecular weight excluding hydrogens is 236 g/mol. The van der Waals surface area contributed by atoms with Gasteiger partial charge in [0.2, 0.25) is 0 Å². The minimum absolute atomic E-state index is 0.0136. The Morgan fingerprint density at radius 3 is 2.94 bits per heavy atom. The van der Waals surface area contributed by atoms with E-state index >= 15 is 0 Å². The molecule has 0 unspecified atom stereocenters. The Hall–Kier alpha value is -1.59. The van der Waals surface area contributed by atoms with Gasteiger partial charge in [-0.2, -0.15) is 0 Å². The molecule has 0 aliphatic rings. The molecule has 0 saturated carbocycles. The van der Waals surface area contributed by atoms with Gasteiger partial charge in [0.05, 0.1) is 17.3 Å². The molecule has 0 aliphatic carbocycles. The normalized spacial score (nSPS) is 10.4. The van der Waals surface area contributed by atoms with E-state index < -0.39 is 0 Å². The van der Waals surface area contributed by atoms with Gasteiger partial charge in [-0.3, -0.25) is 0 Å². The zero-order valence-corrected chi connectivity index (χ0v) is 10.1. The fourth-order valence-corrected chi connectivity index (χ4v) is 2.16. The van der Waals surface area contributed by atoms with Crippen LogP contribution in [0.5, 0.6) is 5.75 Å². The van der Waals surface area contributed by atoms with Crippen LogP contribution in [0.4, 0.5) is 5.69 Å². The van der Waals surface area contributed by atoms with Gasteiger partial charge in [-0.05, 0) is 17.7 Å². The van der Waals surface area contributed by atoms with Gasteiger partial charge in [-0.15, -0.1) is 11.3 Å². The first kappa shape index (κ1) is 11.9. The van der Waals surface area contributed by atoms with E-state index in [0.29, 0.717) is 11.4 Å². The standard InChI is InChI=1S/C12H14N2O2S/c13-10-7-9(8-12-14-3-6-17-12)1-2-11(10)16-5-4-15/h1-3,6-7,15H,4-5,8,13H2. The summed E-state index contributed by atoms with van der Waals surface area (Å²) >= 11 is 1.63. The number of rotatable bonds is 5. The maximum Gasteiger partial charge on any atom is 0.142 e. The van der Waals surface area contributed by atoms with Crippen molar-refractivity contribution < 1.29 is 9.84 Å². The second-order valence-corrected chi connectivity index (χ2v) is 4.53. The summed E-state index contributed by atoms with van der Waals surface area (Å²) in [5.74, 6) is 0.613. The van der Waals surface area contributed by atoms with Gasteiger partial charge >= 0.3 is 0 Å². The molecule has 0 amide bonds. The van der Waals surface area contributed by atoms with E-state index in [9.17, 15) is 0 Å². The van der Waals surface area contributed by atoms with Gasteiger partial charge in [0.15, 0.2) is 0 Å². The monoisotopic (exact) mass is 250 g/mol. The lowest BCUT2D eigenvalue weighted by Crippen LogP contribution is -2.04. The number of nitrogens with two attached hydrogens (primary N) is 1. The van der Waals surface area contributed by atoms with Crippen LogP contribution in [-0.4, -0.2) is 23.3 Å². The molecule has 17 heavy (non-hydrogen) atoms. The molecule has 3 N–H and O–H groups in total. The lowest BCUT2D eigenvalue weighted by Gasteiger charge is -2.08. The van der Waals surface area contributed by atoms with E-state index in [-0.39, 0.29) is 13.2 Å². The number of hydrogen-bond acceptors (Lipinski definition) is 5. The van der Waals surface area contributed by atoms with E-state index in [1.54, 1.807) is 17.5 Å². The summed E-state index contributed by atoms with van der Waals surface area (Å²) in [7, 11) is 0. The predicted octanol–water partition coefficient (Wildman–Crippen LogP) is 1.69. The summed E-state index contributed by atoms with van der Waals surface area (Å²) in [6.07, 6.45) is 2.57. The smallest absolute Gasteiger partial charge is 0.142 e. The fourth-order valence-electron chi connectivity index (χ4n) is 1.51. The third-order valence-corrected chi connectivity index (χ3v) is 3.04. The third kappa shape index (κ3) is 3.18. The molecule has 0 fully saturated rings. The molecule has 0 spiro atoms. The molecule has 2 aromatic rings. The molecule has 0 atom stereocenters. The van der Waals surface area contributed by atoms with Crippen molar-refractivity contribution in [2.24, 2.45) is 0 Å². The van der Waals surface area contributed by atoms with Crippen molar-refractivity contribution >= 4 is 17.0 Å². The van der Waals surface area contributed by atoms with Crippen LogP contribution in [0.15, 0.2) is 29.8 Å². The molecule has 2 rings (SSSR count). The van der Waals surface area contributed by atoms with Crippen molar-refractivity contribution in [3.63, 3.8) is 0 Å². The van der Waals surface area contributed by atoms with Gasteiger partial charge in [-0.25, -0.2) is 4.98 Å². The van der Waals surface area contributed by atoms with Crippen LogP contribution in [0, 0.1) is 0 Å². The van der Waals surface area contributed by atoms with Gasteiger partial charge in [0, 0.05) is 18.0 Å². The van der Waals surface area contributed by atoms with Crippen molar-refractivity contribution in [2.45, 2.75) is 6.42 Å². The van der Waals surface area contributed by atoms with Crippen LogP contribution in [0.1, 0.15) is 10.6 Å². The maximum atomic E-state index is 8.67. The summed E-state index contributed by atoms with van der Waals surface area (Å²) in [6, 6.07) is 5.67. The van der Waals surface area contributed by atoms with Crippen LogP contribution < -0.4 is 10.5 Å². The number of anilines is 1. The average molecular weight is 250 g/mol. The van der Waals surface area contributed by atoms with Gasteiger partial charge < -0.3 is 15.6 Å². The fraction of sp³-hybridized carbons (Fsp3) is 0.250. The predicted molar refractivity (Wildman–Crippen MR) is 68.4 cm³/mol. The molecule has 1 heterocycles. The SMILES string of the molecule is Nc1cc(Cc2nccs2)ccc1OCCO.